The molecule has 2 N–H and O–H groups in total. The normalized spacial score (nSPS) is 10.7. The molecule has 23 heavy (non-hydrogen) atoms. The Morgan fingerprint density at radius 3 is 2.48 bits per heavy atom. The van der Waals surface area contributed by atoms with Crippen LogP contribution in [0.2, 0.25) is 0 Å². The molecule has 1 heterocycles. The zero-order valence-corrected chi connectivity index (χ0v) is 11.8. The van der Waals surface area contributed by atoms with Gasteiger partial charge in [-0.25, -0.2) is 23.5 Å². The Labute approximate surface area is 129 Å². The molecular formula is C16H11F2N3O2. The van der Waals surface area contributed by atoms with Crippen molar-refractivity contribution in [2.75, 3.05) is 5.73 Å². The number of aromatic nitrogens is 2. The number of nitrogen functional groups attached to an aromatic ring is 1. The predicted molar refractivity (Wildman–Crippen MR) is 79.4 cm³/mol. The Bertz CT molecular complexity index is 879. The average molecular weight is 315 g/mol. The summed E-state index contributed by atoms with van der Waals surface area (Å²) < 4.78 is 31.9. The van der Waals surface area contributed by atoms with Crippen molar-refractivity contribution in [3.05, 3.63) is 65.5 Å². The lowest BCUT2D eigenvalue weighted by Crippen LogP contribution is -2.12. The highest BCUT2D eigenvalue weighted by molar-refractivity contribution is 5.90. The number of esters is 1. The minimum Gasteiger partial charge on any atom is -0.454 e. The number of carbonyl (C=O) groups is 1. The van der Waals surface area contributed by atoms with Gasteiger partial charge in [0.1, 0.15) is 23.0 Å². The van der Waals surface area contributed by atoms with Gasteiger partial charge in [0.15, 0.2) is 12.4 Å². The van der Waals surface area contributed by atoms with Gasteiger partial charge in [-0.05, 0) is 24.3 Å². The smallest absolute Gasteiger partial charge is 0.344 e. The second-order valence-electron chi connectivity index (χ2n) is 4.72. The van der Waals surface area contributed by atoms with Gasteiger partial charge in [0.2, 0.25) is 0 Å². The summed E-state index contributed by atoms with van der Waals surface area (Å²) in [5.41, 5.74) is 5.65. The SMILES string of the molecule is Nc1nc(COC(=O)c2c(F)cccc2F)nc2ccccc12. The van der Waals surface area contributed by atoms with E-state index >= 15 is 0 Å². The number of para-hydroxylation sites is 1. The third-order valence-corrected chi connectivity index (χ3v) is 3.18. The van der Waals surface area contributed by atoms with Crippen molar-refractivity contribution in [1.29, 1.82) is 0 Å². The molecular weight excluding hydrogens is 304 g/mol. The molecule has 1 aromatic heterocycles. The number of rotatable bonds is 3. The Morgan fingerprint density at radius 1 is 1.04 bits per heavy atom. The molecule has 0 spiro atoms. The lowest BCUT2D eigenvalue weighted by atomic mass is 10.2. The lowest BCUT2D eigenvalue weighted by molar-refractivity contribution is 0.0451. The number of ether oxygens (including phenoxy) is 1. The molecule has 7 heteroatoms. The van der Waals surface area contributed by atoms with Crippen LogP contribution in [0, 0.1) is 11.6 Å². The van der Waals surface area contributed by atoms with Gasteiger partial charge < -0.3 is 10.5 Å². The summed E-state index contributed by atoms with van der Waals surface area (Å²) in [5, 5.41) is 0.669. The quantitative estimate of drug-likeness (QED) is 0.752. The van der Waals surface area contributed by atoms with E-state index in [2.05, 4.69) is 9.97 Å². The van der Waals surface area contributed by atoms with Crippen LogP contribution < -0.4 is 5.73 Å². The molecule has 5 nitrogen and oxygen atoms in total. The highest BCUT2D eigenvalue weighted by Gasteiger charge is 2.19. The van der Waals surface area contributed by atoms with Crippen molar-refractivity contribution in [2.45, 2.75) is 6.61 Å². The third kappa shape index (κ3) is 2.94. The van der Waals surface area contributed by atoms with E-state index in [9.17, 15) is 13.6 Å². The topological polar surface area (TPSA) is 78.1 Å². The van der Waals surface area contributed by atoms with Gasteiger partial charge in [0, 0.05) is 5.39 Å². The molecule has 3 rings (SSSR count). The molecule has 2 aromatic carbocycles. The first-order chi connectivity index (χ1) is 11.1. The number of nitrogens with two attached hydrogens (primary N) is 1. The van der Waals surface area contributed by atoms with Gasteiger partial charge in [-0.15, -0.1) is 0 Å². The molecule has 0 saturated carbocycles. The molecule has 0 amide bonds. The Morgan fingerprint density at radius 2 is 1.74 bits per heavy atom. The van der Waals surface area contributed by atoms with Gasteiger partial charge in [-0.3, -0.25) is 0 Å². The summed E-state index contributed by atoms with van der Waals surface area (Å²) in [4.78, 5) is 20.0. The Balaban J connectivity index is 1.82. The van der Waals surface area contributed by atoms with Crippen LogP contribution in [0.1, 0.15) is 16.2 Å². The standard InChI is InChI=1S/C16H11F2N3O2/c17-10-5-3-6-11(18)14(10)16(22)23-8-13-20-12-7-2-1-4-9(12)15(19)21-13/h1-7H,8H2,(H2,19,20,21). The zero-order chi connectivity index (χ0) is 16.4. The van der Waals surface area contributed by atoms with E-state index < -0.39 is 23.2 Å². The molecule has 0 atom stereocenters. The molecule has 0 aliphatic carbocycles. The number of halogens is 2. The largest absolute Gasteiger partial charge is 0.454 e. The van der Waals surface area contributed by atoms with Crippen LogP contribution in [0.15, 0.2) is 42.5 Å². The van der Waals surface area contributed by atoms with Crippen molar-refractivity contribution in [3.63, 3.8) is 0 Å². The van der Waals surface area contributed by atoms with Crippen LogP contribution in [0.25, 0.3) is 10.9 Å². The summed E-state index contributed by atoms with van der Waals surface area (Å²) in [7, 11) is 0. The van der Waals surface area contributed by atoms with E-state index in [4.69, 9.17) is 10.5 Å². The minimum absolute atomic E-state index is 0.145. The van der Waals surface area contributed by atoms with Gasteiger partial charge in [0.05, 0.1) is 5.52 Å². The number of benzene rings is 2. The monoisotopic (exact) mass is 315 g/mol. The van der Waals surface area contributed by atoms with Gasteiger partial charge in [0.25, 0.3) is 0 Å². The number of carbonyl (C=O) groups excluding carboxylic acids is 1. The molecule has 0 radical (unpaired) electrons. The van der Waals surface area contributed by atoms with E-state index in [1.165, 1.54) is 0 Å². The fraction of sp³-hybridized carbons (Fsp3) is 0.0625. The summed E-state index contributed by atoms with van der Waals surface area (Å²) >= 11 is 0. The van der Waals surface area contributed by atoms with E-state index in [0.717, 1.165) is 18.2 Å². The zero-order valence-electron chi connectivity index (χ0n) is 11.8. The summed E-state index contributed by atoms with van der Waals surface area (Å²) in [5.74, 6) is -2.73. The molecule has 0 aliphatic heterocycles. The number of hydrogen-bond donors (Lipinski definition) is 1. The molecule has 0 fully saturated rings. The Hall–Kier alpha value is -3.09. The summed E-state index contributed by atoms with van der Waals surface area (Å²) in [6.07, 6.45) is 0. The maximum atomic E-state index is 13.5. The van der Waals surface area contributed by atoms with Crippen LogP contribution in [-0.4, -0.2) is 15.9 Å². The number of fused-ring (bicyclic) bond motifs is 1. The van der Waals surface area contributed by atoms with Gasteiger partial charge in [-0.1, -0.05) is 18.2 Å². The molecule has 3 aromatic rings. The fourth-order valence-corrected chi connectivity index (χ4v) is 2.11. The van der Waals surface area contributed by atoms with Crippen LogP contribution in [0.3, 0.4) is 0 Å². The lowest BCUT2D eigenvalue weighted by Gasteiger charge is -2.07. The molecule has 116 valence electrons. The second kappa shape index (κ2) is 5.96. The minimum atomic E-state index is -1.13. The van der Waals surface area contributed by atoms with Crippen molar-refractivity contribution in [1.82, 2.24) is 9.97 Å². The molecule has 0 unspecified atom stereocenters. The maximum absolute atomic E-state index is 13.5. The molecule has 0 saturated heterocycles. The van der Waals surface area contributed by atoms with Gasteiger partial charge >= 0.3 is 5.97 Å². The summed E-state index contributed by atoms with van der Waals surface area (Å²) in [6.45, 7) is -0.346. The first-order valence-electron chi connectivity index (χ1n) is 6.68. The van der Waals surface area contributed by atoms with E-state index in [1.54, 1.807) is 24.3 Å². The van der Waals surface area contributed by atoms with E-state index in [1.807, 2.05) is 0 Å². The fourth-order valence-electron chi connectivity index (χ4n) is 2.11. The highest BCUT2D eigenvalue weighted by Crippen LogP contribution is 2.18. The highest BCUT2D eigenvalue weighted by atomic mass is 19.1. The van der Waals surface area contributed by atoms with Crippen LogP contribution in [-0.2, 0) is 11.3 Å². The molecule has 0 aliphatic rings. The van der Waals surface area contributed by atoms with Crippen LogP contribution >= 0.6 is 0 Å². The third-order valence-electron chi connectivity index (χ3n) is 3.18. The van der Waals surface area contributed by atoms with Crippen molar-refractivity contribution in [3.8, 4) is 0 Å². The maximum Gasteiger partial charge on any atom is 0.344 e. The van der Waals surface area contributed by atoms with Gasteiger partial charge in [-0.2, -0.15) is 0 Å². The van der Waals surface area contributed by atoms with Crippen LogP contribution in [0.5, 0.6) is 0 Å². The second-order valence-corrected chi connectivity index (χ2v) is 4.72. The van der Waals surface area contributed by atoms with Crippen LogP contribution in [0.4, 0.5) is 14.6 Å². The average Bonchev–Trinajstić information content (AvgIpc) is 2.53. The predicted octanol–water partition coefficient (Wildman–Crippen LogP) is 2.85. The van der Waals surface area contributed by atoms with Crippen molar-refractivity contribution in [2.24, 2.45) is 0 Å². The first kappa shape index (κ1) is 14.8. The first-order valence-corrected chi connectivity index (χ1v) is 6.68. The Kier molecular flexibility index (Phi) is 3.84. The van der Waals surface area contributed by atoms with E-state index in [0.29, 0.717) is 10.9 Å². The summed E-state index contributed by atoms with van der Waals surface area (Å²) in [6, 6.07) is 10.2. The van der Waals surface area contributed by atoms with Crippen molar-refractivity contribution >= 4 is 22.7 Å². The number of anilines is 1. The molecule has 0 bridgehead atoms. The van der Waals surface area contributed by atoms with Crippen molar-refractivity contribution < 1.29 is 18.3 Å². The van der Waals surface area contributed by atoms with E-state index in [-0.39, 0.29) is 18.2 Å². The number of nitrogens with zero attached hydrogens (tertiary/aromatic N) is 2. The number of hydrogen-bond acceptors (Lipinski definition) is 5.